The highest BCUT2D eigenvalue weighted by molar-refractivity contribution is 7.14. The molecule has 1 aromatic heterocycles. The molecule has 138 valence electrons. The molecule has 0 spiro atoms. The largest absolute Gasteiger partial charge is 0.348 e. The van der Waals surface area contributed by atoms with Crippen LogP contribution in [0.3, 0.4) is 0 Å². The first-order chi connectivity index (χ1) is 12.5. The van der Waals surface area contributed by atoms with Gasteiger partial charge in [0.1, 0.15) is 5.00 Å². The number of halogens is 3. The first-order valence-electron chi connectivity index (χ1n) is 7.86. The molecule has 0 bridgehead atoms. The lowest BCUT2D eigenvalue weighted by molar-refractivity contribution is 0.0926. The molecular weight excluding hydrogens is 419 g/mol. The van der Waals surface area contributed by atoms with Crippen molar-refractivity contribution in [2.24, 2.45) is 0 Å². The summed E-state index contributed by atoms with van der Waals surface area (Å²) < 4.78 is 0. The van der Waals surface area contributed by atoms with Crippen LogP contribution in [-0.2, 0) is 0 Å². The highest BCUT2D eigenvalue weighted by Crippen LogP contribution is 2.30. The molecule has 1 aliphatic rings. The molecule has 3 rings (SSSR count). The highest BCUT2D eigenvalue weighted by Gasteiger charge is 2.23. The molecule has 26 heavy (non-hydrogen) atoms. The number of nitrogens with zero attached hydrogens (tertiary/aromatic N) is 1. The normalized spacial score (nSPS) is 14.9. The van der Waals surface area contributed by atoms with Crippen molar-refractivity contribution in [3.8, 4) is 0 Å². The molecule has 1 aliphatic heterocycles. The monoisotopic (exact) mass is 432 g/mol. The predicted molar refractivity (Wildman–Crippen MR) is 105 cm³/mol. The van der Waals surface area contributed by atoms with E-state index in [4.69, 9.17) is 34.8 Å². The molecule has 10 heteroatoms. The maximum Gasteiger partial charge on any atom is 0.273 e. The SMILES string of the molecule is O=C(NC1CCNCC1)c1ncsc1NC(=O)c1c(Cl)cc(Cl)cc1Cl. The van der Waals surface area contributed by atoms with Crippen molar-refractivity contribution in [2.75, 3.05) is 18.4 Å². The molecule has 1 saturated heterocycles. The number of amides is 2. The Morgan fingerprint density at radius 2 is 1.77 bits per heavy atom. The Morgan fingerprint density at radius 3 is 2.42 bits per heavy atom. The van der Waals surface area contributed by atoms with Gasteiger partial charge in [-0.05, 0) is 38.1 Å². The summed E-state index contributed by atoms with van der Waals surface area (Å²) in [5.74, 6) is -0.849. The third-order valence-corrected chi connectivity index (χ3v) is 5.47. The van der Waals surface area contributed by atoms with Crippen LogP contribution in [0.2, 0.25) is 15.1 Å². The third-order valence-electron chi connectivity index (χ3n) is 3.92. The Kier molecular flexibility index (Phi) is 6.37. The van der Waals surface area contributed by atoms with E-state index in [-0.39, 0.29) is 33.3 Å². The Morgan fingerprint density at radius 1 is 1.12 bits per heavy atom. The summed E-state index contributed by atoms with van der Waals surface area (Å²) in [7, 11) is 0. The van der Waals surface area contributed by atoms with Gasteiger partial charge in [-0.1, -0.05) is 34.8 Å². The van der Waals surface area contributed by atoms with Crippen LogP contribution in [0.1, 0.15) is 33.7 Å². The van der Waals surface area contributed by atoms with Crippen LogP contribution in [0.5, 0.6) is 0 Å². The molecular formula is C16H15Cl3N4O2S. The van der Waals surface area contributed by atoms with Crippen molar-refractivity contribution in [3.63, 3.8) is 0 Å². The van der Waals surface area contributed by atoms with Crippen LogP contribution in [0, 0.1) is 0 Å². The van der Waals surface area contributed by atoms with Gasteiger partial charge in [-0.3, -0.25) is 9.59 Å². The van der Waals surface area contributed by atoms with Gasteiger partial charge >= 0.3 is 0 Å². The summed E-state index contributed by atoms with van der Waals surface area (Å²) in [6, 6.07) is 2.96. The molecule has 2 heterocycles. The minimum Gasteiger partial charge on any atom is -0.348 e. The number of thiazole rings is 1. The molecule has 6 nitrogen and oxygen atoms in total. The Bertz CT molecular complexity index is 814. The van der Waals surface area contributed by atoms with Gasteiger partial charge in [0.05, 0.1) is 21.1 Å². The molecule has 2 amide bonds. The summed E-state index contributed by atoms with van der Waals surface area (Å²) in [4.78, 5) is 29.1. The topological polar surface area (TPSA) is 83.1 Å². The van der Waals surface area contributed by atoms with Crippen LogP contribution in [0.15, 0.2) is 17.6 Å². The number of carbonyl (C=O) groups excluding carboxylic acids is 2. The smallest absolute Gasteiger partial charge is 0.273 e. The van der Waals surface area contributed by atoms with Gasteiger partial charge in [0.15, 0.2) is 5.69 Å². The van der Waals surface area contributed by atoms with Gasteiger partial charge < -0.3 is 16.0 Å². The van der Waals surface area contributed by atoms with Crippen LogP contribution >= 0.6 is 46.1 Å². The fraction of sp³-hybridized carbons (Fsp3) is 0.312. The second-order valence-corrected chi connectivity index (χ2v) is 7.83. The van der Waals surface area contributed by atoms with Gasteiger partial charge in [-0.2, -0.15) is 0 Å². The van der Waals surface area contributed by atoms with Crippen molar-refractivity contribution < 1.29 is 9.59 Å². The lowest BCUT2D eigenvalue weighted by atomic mass is 10.1. The highest BCUT2D eigenvalue weighted by atomic mass is 35.5. The first kappa shape index (κ1) is 19.4. The molecule has 2 aromatic rings. The minimum absolute atomic E-state index is 0.0918. The number of hydrogen-bond donors (Lipinski definition) is 3. The standard InChI is InChI=1S/C16H15Cl3N4O2S/c17-8-5-10(18)12(11(19)6-8)14(24)23-16-13(21-7-26-16)15(25)22-9-1-3-20-4-2-9/h5-7,9,20H,1-4H2,(H,22,25)(H,23,24). The Hall–Kier alpha value is -1.38. The van der Waals surface area contributed by atoms with Crippen LogP contribution in [0.25, 0.3) is 0 Å². The summed E-state index contributed by atoms with van der Waals surface area (Å²) >= 11 is 19.2. The fourth-order valence-electron chi connectivity index (χ4n) is 2.64. The first-order valence-corrected chi connectivity index (χ1v) is 9.88. The minimum atomic E-state index is -0.531. The zero-order valence-corrected chi connectivity index (χ0v) is 16.5. The van der Waals surface area contributed by atoms with E-state index >= 15 is 0 Å². The van der Waals surface area contributed by atoms with Crippen molar-refractivity contribution in [1.82, 2.24) is 15.6 Å². The fourth-order valence-corrected chi connectivity index (χ4v) is 4.30. The lowest BCUT2D eigenvalue weighted by Gasteiger charge is -2.23. The van der Waals surface area contributed by atoms with E-state index in [0.717, 1.165) is 37.3 Å². The molecule has 0 saturated carbocycles. The maximum absolute atomic E-state index is 12.5. The molecule has 3 N–H and O–H groups in total. The predicted octanol–water partition coefficient (Wildman–Crippen LogP) is 3.84. The lowest BCUT2D eigenvalue weighted by Crippen LogP contribution is -2.43. The number of piperidine rings is 1. The van der Waals surface area contributed by atoms with Crippen molar-refractivity contribution in [1.29, 1.82) is 0 Å². The van der Waals surface area contributed by atoms with E-state index in [1.54, 1.807) is 0 Å². The number of hydrogen-bond acceptors (Lipinski definition) is 5. The number of aromatic nitrogens is 1. The van der Waals surface area contributed by atoms with Crippen molar-refractivity contribution in [2.45, 2.75) is 18.9 Å². The van der Waals surface area contributed by atoms with Crippen LogP contribution in [0.4, 0.5) is 5.00 Å². The van der Waals surface area contributed by atoms with Crippen molar-refractivity contribution >= 4 is 63.0 Å². The maximum atomic E-state index is 12.5. The van der Waals surface area contributed by atoms with Gasteiger partial charge in [0.2, 0.25) is 0 Å². The number of benzene rings is 1. The third kappa shape index (κ3) is 4.47. The van der Waals surface area contributed by atoms with E-state index in [1.165, 1.54) is 17.6 Å². The van der Waals surface area contributed by atoms with Crippen LogP contribution < -0.4 is 16.0 Å². The van der Waals surface area contributed by atoms with E-state index in [0.29, 0.717) is 10.0 Å². The average molecular weight is 434 g/mol. The average Bonchev–Trinajstić information content (AvgIpc) is 3.03. The molecule has 1 fully saturated rings. The van der Waals surface area contributed by atoms with E-state index in [2.05, 4.69) is 20.9 Å². The summed E-state index contributed by atoms with van der Waals surface area (Å²) in [6.07, 6.45) is 1.71. The molecule has 1 aromatic carbocycles. The summed E-state index contributed by atoms with van der Waals surface area (Å²) in [5, 5.41) is 9.77. The number of anilines is 1. The zero-order chi connectivity index (χ0) is 18.7. The second-order valence-electron chi connectivity index (χ2n) is 5.73. The van der Waals surface area contributed by atoms with Crippen LogP contribution in [-0.4, -0.2) is 35.9 Å². The van der Waals surface area contributed by atoms with E-state index in [9.17, 15) is 9.59 Å². The van der Waals surface area contributed by atoms with Gasteiger partial charge in [0, 0.05) is 11.1 Å². The summed E-state index contributed by atoms with van der Waals surface area (Å²) in [5.41, 5.74) is 1.76. The number of rotatable bonds is 4. The molecule has 0 aliphatic carbocycles. The van der Waals surface area contributed by atoms with Gasteiger partial charge in [-0.15, -0.1) is 11.3 Å². The van der Waals surface area contributed by atoms with Gasteiger partial charge in [0.25, 0.3) is 11.8 Å². The second kappa shape index (κ2) is 8.54. The van der Waals surface area contributed by atoms with Gasteiger partial charge in [-0.25, -0.2) is 4.98 Å². The van der Waals surface area contributed by atoms with E-state index < -0.39 is 5.91 Å². The molecule has 0 atom stereocenters. The molecule has 0 unspecified atom stereocenters. The quantitative estimate of drug-likeness (QED) is 0.684. The van der Waals surface area contributed by atoms with E-state index in [1.807, 2.05) is 0 Å². The Balaban J connectivity index is 1.74. The Labute approximate surface area is 169 Å². The molecule has 0 radical (unpaired) electrons. The van der Waals surface area contributed by atoms with Crippen molar-refractivity contribution in [3.05, 3.63) is 44.0 Å². The number of nitrogens with one attached hydrogen (secondary N) is 3. The zero-order valence-electron chi connectivity index (χ0n) is 13.4. The number of carbonyl (C=O) groups is 2. The summed E-state index contributed by atoms with van der Waals surface area (Å²) in [6.45, 7) is 1.72.